The van der Waals surface area contributed by atoms with Crippen molar-refractivity contribution in [3.63, 3.8) is 0 Å². The van der Waals surface area contributed by atoms with E-state index in [1.165, 1.54) is 7.11 Å². The zero-order valence-electron chi connectivity index (χ0n) is 8.39. The first-order chi connectivity index (χ1) is 5.90. The van der Waals surface area contributed by atoms with E-state index >= 15 is 0 Å². The van der Waals surface area contributed by atoms with Crippen LogP contribution in [0.1, 0.15) is 20.8 Å². The molecule has 0 aliphatic rings. The van der Waals surface area contributed by atoms with Gasteiger partial charge in [0.2, 0.25) is 0 Å². The molecule has 0 aromatic rings. The number of methoxy groups -OCH3 is 1. The average molecular weight is 210 g/mol. The van der Waals surface area contributed by atoms with E-state index in [0.29, 0.717) is 0 Å². The molecule has 0 heterocycles. The predicted molar refractivity (Wildman–Crippen MR) is 50.5 cm³/mol. The normalized spacial score (nSPS) is 13.9. The Morgan fingerprint density at radius 1 is 1.54 bits per heavy atom. The SMILES string of the molecule is COC(=O)C(COC(C)(C)C)NCl. The van der Waals surface area contributed by atoms with Gasteiger partial charge in [-0.2, -0.15) is 0 Å². The minimum absolute atomic E-state index is 0.194. The lowest BCUT2D eigenvalue weighted by Gasteiger charge is -2.22. The van der Waals surface area contributed by atoms with Gasteiger partial charge in [0.15, 0.2) is 0 Å². The molecule has 0 aromatic carbocycles. The van der Waals surface area contributed by atoms with Crippen molar-refractivity contribution in [1.29, 1.82) is 0 Å². The summed E-state index contributed by atoms with van der Waals surface area (Å²) in [4.78, 5) is 13.3. The summed E-state index contributed by atoms with van der Waals surface area (Å²) in [5.74, 6) is -0.431. The van der Waals surface area contributed by atoms with Gasteiger partial charge < -0.3 is 9.47 Å². The molecule has 0 saturated carbocycles. The summed E-state index contributed by atoms with van der Waals surface area (Å²) in [6, 6.07) is -0.620. The van der Waals surface area contributed by atoms with Gasteiger partial charge in [0.1, 0.15) is 6.04 Å². The molecule has 1 unspecified atom stereocenters. The fourth-order valence-electron chi connectivity index (χ4n) is 0.620. The van der Waals surface area contributed by atoms with E-state index < -0.39 is 12.0 Å². The molecule has 0 bridgehead atoms. The Kier molecular flexibility index (Phi) is 5.29. The van der Waals surface area contributed by atoms with Gasteiger partial charge in [0.05, 0.1) is 19.3 Å². The summed E-state index contributed by atoms with van der Waals surface area (Å²) in [5.41, 5.74) is -0.292. The summed E-state index contributed by atoms with van der Waals surface area (Å²) in [5, 5.41) is 0. The number of halogens is 1. The number of esters is 1. The number of hydrogen-bond acceptors (Lipinski definition) is 4. The van der Waals surface area contributed by atoms with Crippen LogP contribution in [0.4, 0.5) is 0 Å². The lowest BCUT2D eigenvalue weighted by molar-refractivity contribution is -0.145. The largest absolute Gasteiger partial charge is 0.468 e. The molecule has 1 atom stereocenters. The van der Waals surface area contributed by atoms with E-state index in [9.17, 15) is 4.79 Å². The van der Waals surface area contributed by atoms with Crippen molar-refractivity contribution in [2.45, 2.75) is 32.4 Å². The smallest absolute Gasteiger partial charge is 0.326 e. The summed E-state index contributed by atoms with van der Waals surface area (Å²) in [7, 11) is 1.31. The highest BCUT2D eigenvalue weighted by Gasteiger charge is 2.21. The highest BCUT2D eigenvalue weighted by molar-refractivity contribution is 6.14. The maximum absolute atomic E-state index is 11.0. The van der Waals surface area contributed by atoms with E-state index in [1.54, 1.807) is 0 Å². The Labute approximate surface area is 83.6 Å². The second-order valence-electron chi connectivity index (χ2n) is 3.61. The Morgan fingerprint density at radius 2 is 2.08 bits per heavy atom. The van der Waals surface area contributed by atoms with Gasteiger partial charge in [0.25, 0.3) is 0 Å². The molecule has 5 heteroatoms. The van der Waals surface area contributed by atoms with Crippen LogP contribution in [0, 0.1) is 0 Å². The second kappa shape index (κ2) is 5.42. The molecule has 13 heavy (non-hydrogen) atoms. The van der Waals surface area contributed by atoms with E-state index in [2.05, 4.69) is 9.57 Å². The van der Waals surface area contributed by atoms with Crippen molar-refractivity contribution in [3.8, 4) is 0 Å². The van der Waals surface area contributed by atoms with Gasteiger partial charge in [-0.25, -0.2) is 4.84 Å². The first kappa shape index (κ1) is 12.7. The van der Waals surface area contributed by atoms with Crippen LogP contribution < -0.4 is 4.84 Å². The monoisotopic (exact) mass is 209 g/mol. The van der Waals surface area contributed by atoms with Crippen LogP contribution in [0.25, 0.3) is 0 Å². The number of hydrogen-bond donors (Lipinski definition) is 1. The molecule has 0 saturated heterocycles. The molecule has 0 aliphatic heterocycles. The molecular weight excluding hydrogens is 194 g/mol. The molecule has 0 aliphatic carbocycles. The van der Waals surface area contributed by atoms with Crippen LogP contribution in [-0.2, 0) is 14.3 Å². The van der Waals surface area contributed by atoms with E-state index in [0.717, 1.165) is 0 Å². The lowest BCUT2D eigenvalue weighted by atomic mass is 10.2. The molecule has 1 N–H and O–H groups in total. The second-order valence-corrected chi connectivity index (χ2v) is 3.83. The van der Waals surface area contributed by atoms with Gasteiger partial charge in [-0.15, -0.1) is 0 Å². The third-order valence-electron chi connectivity index (χ3n) is 1.30. The Hall–Kier alpha value is -0.320. The topological polar surface area (TPSA) is 47.6 Å². The maximum atomic E-state index is 11.0. The number of carbonyl (C=O) groups is 1. The van der Waals surface area contributed by atoms with Crippen LogP contribution >= 0.6 is 11.8 Å². The number of carbonyl (C=O) groups excluding carboxylic acids is 1. The zero-order valence-corrected chi connectivity index (χ0v) is 9.14. The van der Waals surface area contributed by atoms with Crippen molar-refractivity contribution in [3.05, 3.63) is 0 Å². The summed E-state index contributed by atoms with van der Waals surface area (Å²) >= 11 is 5.34. The van der Waals surface area contributed by atoms with Crippen molar-refractivity contribution >= 4 is 17.7 Å². The highest BCUT2D eigenvalue weighted by Crippen LogP contribution is 2.07. The van der Waals surface area contributed by atoms with Crippen LogP contribution in [0.15, 0.2) is 0 Å². The van der Waals surface area contributed by atoms with Gasteiger partial charge in [-0.1, -0.05) is 0 Å². The number of rotatable bonds is 4. The molecule has 0 aromatic heterocycles. The minimum atomic E-state index is -0.620. The molecule has 0 radical (unpaired) electrons. The standard InChI is InChI=1S/C8H16ClNO3/c1-8(2,3)13-5-6(10-9)7(11)12-4/h6,10H,5H2,1-4H3. The first-order valence-corrected chi connectivity index (χ1v) is 4.36. The van der Waals surface area contributed by atoms with Crippen LogP contribution in [0.2, 0.25) is 0 Å². The van der Waals surface area contributed by atoms with Gasteiger partial charge in [-0.05, 0) is 32.5 Å². The van der Waals surface area contributed by atoms with E-state index in [1.807, 2.05) is 20.8 Å². The Bertz CT molecular complexity index is 167. The fraction of sp³-hybridized carbons (Fsp3) is 0.875. The van der Waals surface area contributed by atoms with Gasteiger partial charge in [-0.3, -0.25) is 4.79 Å². The van der Waals surface area contributed by atoms with Crippen molar-refractivity contribution in [2.24, 2.45) is 0 Å². The summed E-state index contributed by atoms with van der Waals surface area (Å²) in [6.07, 6.45) is 0. The van der Waals surface area contributed by atoms with Crippen LogP contribution in [-0.4, -0.2) is 31.3 Å². The molecular formula is C8H16ClNO3. The minimum Gasteiger partial charge on any atom is -0.468 e. The van der Waals surface area contributed by atoms with Gasteiger partial charge in [0, 0.05) is 0 Å². The summed E-state index contributed by atoms with van der Waals surface area (Å²) < 4.78 is 9.86. The van der Waals surface area contributed by atoms with Gasteiger partial charge >= 0.3 is 5.97 Å². The molecule has 78 valence electrons. The third kappa shape index (κ3) is 5.85. The van der Waals surface area contributed by atoms with E-state index in [4.69, 9.17) is 16.5 Å². The summed E-state index contributed by atoms with van der Waals surface area (Å²) in [6.45, 7) is 5.89. The van der Waals surface area contributed by atoms with Crippen molar-refractivity contribution in [2.75, 3.05) is 13.7 Å². The van der Waals surface area contributed by atoms with Crippen LogP contribution in [0.5, 0.6) is 0 Å². The van der Waals surface area contributed by atoms with Crippen molar-refractivity contribution < 1.29 is 14.3 Å². The van der Waals surface area contributed by atoms with E-state index in [-0.39, 0.29) is 12.2 Å². The Morgan fingerprint density at radius 3 is 2.38 bits per heavy atom. The molecule has 0 fully saturated rings. The van der Waals surface area contributed by atoms with Crippen LogP contribution in [0.3, 0.4) is 0 Å². The molecule has 0 rings (SSSR count). The molecule has 0 amide bonds. The molecule has 0 spiro atoms. The number of nitrogens with one attached hydrogen (secondary N) is 1. The van der Waals surface area contributed by atoms with Crippen molar-refractivity contribution in [1.82, 2.24) is 4.84 Å². The predicted octanol–water partition coefficient (Wildman–Crippen LogP) is 1.09. The zero-order chi connectivity index (χ0) is 10.5. The first-order valence-electron chi connectivity index (χ1n) is 3.98. The maximum Gasteiger partial charge on any atom is 0.326 e. The lowest BCUT2D eigenvalue weighted by Crippen LogP contribution is -2.39. The Balaban J connectivity index is 3.93. The fourth-order valence-corrected chi connectivity index (χ4v) is 0.772. The average Bonchev–Trinajstić information content (AvgIpc) is 2.03. The molecule has 4 nitrogen and oxygen atoms in total. The third-order valence-corrected chi connectivity index (χ3v) is 1.56. The highest BCUT2D eigenvalue weighted by atomic mass is 35.5. The number of ether oxygens (including phenoxy) is 2. The quantitative estimate of drug-likeness (QED) is 0.556.